The molecule has 4 heteroatoms. The summed E-state index contributed by atoms with van der Waals surface area (Å²) in [6.07, 6.45) is 8.62. The van der Waals surface area contributed by atoms with Gasteiger partial charge in [0.05, 0.1) is 5.56 Å². The Balaban J connectivity index is 1.66. The number of nitrogens with one attached hydrogen (secondary N) is 2. The highest BCUT2D eigenvalue weighted by Gasteiger charge is 2.12. The number of anilines is 1. The summed E-state index contributed by atoms with van der Waals surface area (Å²) in [6, 6.07) is 5.54. The van der Waals surface area contributed by atoms with Crippen LogP contribution in [-0.2, 0) is 0 Å². The van der Waals surface area contributed by atoms with Gasteiger partial charge in [0.2, 0.25) is 0 Å². The van der Waals surface area contributed by atoms with Crippen molar-refractivity contribution in [3.63, 3.8) is 0 Å². The molecule has 1 aromatic heterocycles. The number of carbonyl (C=O) groups is 1. The van der Waals surface area contributed by atoms with Gasteiger partial charge in [-0.3, -0.25) is 4.79 Å². The summed E-state index contributed by atoms with van der Waals surface area (Å²) in [7, 11) is 0. The molecule has 2 aromatic rings. The van der Waals surface area contributed by atoms with Crippen molar-refractivity contribution in [2.45, 2.75) is 25.7 Å². The summed E-state index contributed by atoms with van der Waals surface area (Å²) >= 11 is 0. The third kappa shape index (κ3) is 2.54. The SMILES string of the molecule is Nc1ccc2c(C(=O)NCCC3=CCCC3)c[nH]c2c1. The fourth-order valence-corrected chi connectivity index (χ4v) is 2.73. The summed E-state index contributed by atoms with van der Waals surface area (Å²) in [5.74, 6) is -0.0281. The molecule has 1 aromatic carbocycles. The number of aromatic nitrogens is 1. The van der Waals surface area contributed by atoms with Gasteiger partial charge < -0.3 is 16.0 Å². The number of nitrogen functional groups attached to an aromatic ring is 1. The Morgan fingerprint density at radius 2 is 2.30 bits per heavy atom. The minimum atomic E-state index is -0.0281. The van der Waals surface area contributed by atoms with E-state index >= 15 is 0 Å². The lowest BCUT2D eigenvalue weighted by Crippen LogP contribution is -2.24. The summed E-state index contributed by atoms with van der Waals surface area (Å²) in [4.78, 5) is 15.3. The van der Waals surface area contributed by atoms with Crippen molar-refractivity contribution in [3.8, 4) is 0 Å². The van der Waals surface area contributed by atoms with Crippen LogP contribution in [0.4, 0.5) is 5.69 Å². The molecule has 1 heterocycles. The maximum absolute atomic E-state index is 12.2. The second kappa shape index (κ2) is 5.41. The Labute approximate surface area is 118 Å². The van der Waals surface area contributed by atoms with Gasteiger partial charge in [0.1, 0.15) is 0 Å². The number of hydrogen-bond donors (Lipinski definition) is 3. The number of aromatic amines is 1. The number of nitrogens with two attached hydrogens (primary N) is 1. The van der Waals surface area contributed by atoms with Crippen LogP contribution in [0.3, 0.4) is 0 Å². The van der Waals surface area contributed by atoms with Crippen molar-refractivity contribution in [2.24, 2.45) is 0 Å². The van der Waals surface area contributed by atoms with E-state index in [0.717, 1.165) is 17.3 Å². The first-order valence-electron chi connectivity index (χ1n) is 7.07. The van der Waals surface area contributed by atoms with E-state index in [1.54, 1.807) is 6.20 Å². The topological polar surface area (TPSA) is 70.9 Å². The van der Waals surface area contributed by atoms with Gasteiger partial charge >= 0.3 is 0 Å². The van der Waals surface area contributed by atoms with Crippen LogP contribution < -0.4 is 11.1 Å². The van der Waals surface area contributed by atoms with E-state index < -0.39 is 0 Å². The number of H-pyrrole nitrogens is 1. The van der Waals surface area contributed by atoms with E-state index in [9.17, 15) is 4.79 Å². The summed E-state index contributed by atoms with van der Waals surface area (Å²) in [5.41, 5.74) is 9.47. The first-order chi connectivity index (χ1) is 9.74. The monoisotopic (exact) mass is 269 g/mol. The molecule has 1 aliphatic rings. The van der Waals surface area contributed by atoms with Gasteiger partial charge in [0, 0.05) is 29.3 Å². The molecule has 1 aliphatic carbocycles. The van der Waals surface area contributed by atoms with E-state index in [2.05, 4.69) is 16.4 Å². The molecule has 1 amide bonds. The van der Waals surface area contributed by atoms with Crippen molar-refractivity contribution >= 4 is 22.5 Å². The van der Waals surface area contributed by atoms with Crippen LogP contribution in [-0.4, -0.2) is 17.4 Å². The van der Waals surface area contributed by atoms with Crippen molar-refractivity contribution in [2.75, 3.05) is 12.3 Å². The Morgan fingerprint density at radius 1 is 1.40 bits per heavy atom. The first kappa shape index (κ1) is 12.8. The molecule has 104 valence electrons. The molecule has 0 aliphatic heterocycles. The van der Waals surface area contributed by atoms with Gasteiger partial charge in [0.15, 0.2) is 0 Å². The van der Waals surface area contributed by atoms with Crippen LogP contribution in [0.25, 0.3) is 10.9 Å². The number of allylic oxidation sites excluding steroid dienone is 1. The number of rotatable bonds is 4. The van der Waals surface area contributed by atoms with E-state index in [1.165, 1.54) is 24.8 Å². The molecular formula is C16H19N3O. The summed E-state index contributed by atoms with van der Waals surface area (Å²) < 4.78 is 0. The average molecular weight is 269 g/mol. The quantitative estimate of drug-likeness (QED) is 0.590. The zero-order valence-electron chi connectivity index (χ0n) is 11.4. The molecule has 0 atom stereocenters. The predicted molar refractivity (Wildman–Crippen MR) is 81.6 cm³/mol. The minimum Gasteiger partial charge on any atom is -0.399 e. The van der Waals surface area contributed by atoms with Crippen molar-refractivity contribution in [1.29, 1.82) is 0 Å². The van der Waals surface area contributed by atoms with Gasteiger partial charge in [-0.1, -0.05) is 11.6 Å². The van der Waals surface area contributed by atoms with Crippen LogP contribution in [0.15, 0.2) is 36.0 Å². The Hall–Kier alpha value is -2.23. The maximum atomic E-state index is 12.2. The van der Waals surface area contributed by atoms with Gasteiger partial charge in [-0.15, -0.1) is 0 Å². The summed E-state index contributed by atoms with van der Waals surface area (Å²) in [5, 5.41) is 3.90. The minimum absolute atomic E-state index is 0.0281. The Kier molecular flexibility index (Phi) is 3.46. The lowest BCUT2D eigenvalue weighted by molar-refractivity contribution is 0.0956. The third-order valence-electron chi connectivity index (χ3n) is 3.82. The molecular weight excluding hydrogens is 250 g/mol. The van der Waals surface area contributed by atoms with E-state index in [-0.39, 0.29) is 5.91 Å². The first-order valence-corrected chi connectivity index (χ1v) is 7.07. The highest BCUT2D eigenvalue weighted by molar-refractivity contribution is 6.07. The van der Waals surface area contributed by atoms with Gasteiger partial charge in [-0.05, 0) is 43.9 Å². The second-order valence-electron chi connectivity index (χ2n) is 5.27. The molecule has 0 bridgehead atoms. The van der Waals surface area contributed by atoms with Gasteiger partial charge in [0.25, 0.3) is 5.91 Å². The molecule has 0 radical (unpaired) electrons. The molecule has 4 N–H and O–H groups in total. The number of hydrogen-bond acceptors (Lipinski definition) is 2. The van der Waals surface area contributed by atoms with Gasteiger partial charge in [-0.2, -0.15) is 0 Å². The summed E-state index contributed by atoms with van der Waals surface area (Å²) in [6.45, 7) is 0.701. The standard InChI is InChI=1S/C16H19N3O/c17-12-5-6-13-14(10-19-15(13)9-12)16(20)18-8-7-11-3-1-2-4-11/h3,5-6,9-10,19H,1-2,4,7-8,17H2,(H,18,20). The molecule has 3 rings (SSSR count). The van der Waals surface area contributed by atoms with Crippen LogP contribution in [0.5, 0.6) is 0 Å². The van der Waals surface area contributed by atoms with E-state index in [1.807, 2.05) is 18.2 Å². The van der Waals surface area contributed by atoms with Crippen LogP contribution in [0.2, 0.25) is 0 Å². The molecule has 0 fully saturated rings. The number of amides is 1. The smallest absolute Gasteiger partial charge is 0.253 e. The van der Waals surface area contributed by atoms with Gasteiger partial charge in [-0.25, -0.2) is 0 Å². The van der Waals surface area contributed by atoms with Crippen LogP contribution in [0, 0.1) is 0 Å². The Morgan fingerprint density at radius 3 is 3.10 bits per heavy atom. The predicted octanol–water partition coefficient (Wildman–Crippen LogP) is 2.98. The zero-order chi connectivity index (χ0) is 13.9. The number of fused-ring (bicyclic) bond motifs is 1. The molecule has 0 unspecified atom stereocenters. The molecule has 0 saturated heterocycles. The third-order valence-corrected chi connectivity index (χ3v) is 3.82. The zero-order valence-corrected chi connectivity index (χ0v) is 11.4. The number of carbonyl (C=O) groups excluding carboxylic acids is 1. The largest absolute Gasteiger partial charge is 0.399 e. The van der Waals surface area contributed by atoms with Crippen molar-refractivity contribution in [3.05, 3.63) is 41.6 Å². The lowest BCUT2D eigenvalue weighted by atomic mass is 10.1. The molecule has 4 nitrogen and oxygen atoms in total. The average Bonchev–Trinajstić information content (AvgIpc) is 3.07. The van der Waals surface area contributed by atoms with E-state index in [4.69, 9.17) is 5.73 Å². The van der Waals surface area contributed by atoms with Crippen LogP contribution in [0.1, 0.15) is 36.0 Å². The maximum Gasteiger partial charge on any atom is 0.253 e. The second-order valence-corrected chi connectivity index (χ2v) is 5.27. The fourth-order valence-electron chi connectivity index (χ4n) is 2.73. The van der Waals surface area contributed by atoms with Crippen molar-refractivity contribution < 1.29 is 4.79 Å². The van der Waals surface area contributed by atoms with Crippen LogP contribution >= 0.6 is 0 Å². The highest BCUT2D eigenvalue weighted by atomic mass is 16.1. The van der Waals surface area contributed by atoms with E-state index in [0.29, 0.717) is 17.8 Å². The highest BCUT2D eigenvalue weighted by Crippen LogP contribution is 2.21. The number of benzene rings is 1. The fraction of sp³-hybridized carbons (Fsp3) is 0.312. The molecule has 20 heavy (non-hydrogen) atoms. The Bertz CT molecular complexity index is 669. The normalized spacial score (nSPS) is 14.5. The molecule has 0 saturated carbocycles. The van der Waals surface area contributed by atoms with Crippen molar-refractivity contribution in [1.82, 2.24) is 10.3 Å². The lowest BCUT2D eigenvalue weighted by Gasteiger charge is -2.05. The molecule has 0 spiro atoms.